The number of amides is 1. The van der Waals surface area contributed by atoms with Crippen molar-refractivity contribution in [2.24, 2.45) is 0 Å². The van der Waals surface area contributed by atoms with Crippen LogP contribution in [-0.2, 0) is 10.0 Å². The maximum Gasteiger partial charge on any atom is 0.389 e. The first kappa shape index (κ1) is 29.3. The number of ether oxygens (including phenoxy) is 1. The van der Waals surface area contributed by atoms with Gasteiger partial charge in [-0.15, -0.1) is 0 Å². The molecule has 1 saturated carbocycles. The van der Waals surface area contributed by atoms with E-state index in [4.69, 9.17) is 4.74 Å². The molecule has 7 nitrogen and oxygen atoms in total. The van der Waals surface area contributed by atoms with Gasteiger partial charge in [0.05, 0.1) is 17.6 Å². The third kappa shape index (κ3) is 7.50. The first-order valence-corrected chi connectivity index (χ1v) is 14.3. The molecule has 1 heterocycles. The topological polar surface area (TPSA) is 105 Å². The molecule has 214 valence electrons. The van der Waals surface area contributed by atoms with Gasteiger partial charge in [-0.3, -0.25) is 9.59 Å². The third-order valence-electron chi connectivity index (χ3n) is 6.43. The average molecular weight is 581 g/mol. The number of hydrogen-bond acceptors (Lipinski definition) is 5. The van der Waals surface area contributed by atoms with E-state index in [1.165, 1.54) is 18.2 Å². The van der Waals surface area contributed by atoms with Gasteiger partial charge in [-0.05, 0) is 62.8 Å². The van der Waals surface area contributed by atoms with Crippen LogP contribution in [-0.4, -0.2) is 37.3 Å². The number of pyridine rings is 1. The Bertz CT molecular complexity index is 1550. The van der Waals surface area contributed by atoms with E-state index < -0.39 is 50.7 Å². The number of benzene rings is 2. The Hall–Kier alpha value is -3.67. The predicted octanol–water partition coefficient (Wildman–Crippen LogP) is 5.88. The highest BCUT2D eigenvalue weighted by Crippen LogP contribution is 2.31. The first-order chi connectivity index (χ1) is 18.8. The number of hydrogen-bond donors (Lipinski definition) is 2. The zero-order valence-corrected chi connectivity index (χ0v) is 22.4. The van der Waals surface area contributed by atoms with Crippen LogP contribution in [0.3, 0.4) is 0 Å². The number of unbranched alkanes of at least 4 members (excludes halogenated alkanes) is 2. The summed E-state index contributed by atoms with van der Waals surface area (Å²) in [6, 6.07) is 12.2. The summed E-state index contributed by atoms with van der Waals surface area (Å²) in [5.74, 6) is -1.65. The molecule has 1 aliphatic carbocycles. The van der Waals surface area contributed by atoms with Crippen molar-refractivity contribution in [3.63, 3.8) is 0 Å². The van der Waals surface area contributed by atoms with Crippen molar-refractivity contribution in [1.29, 1.82) is 0 Å². The second-order valence-corrected chi connectivity index (χ2v) is 11.7. The molecule has 2 N–H and O–H groups in total. The Morgan fingerprint density at radius 1 is 1.02 bits per heavy atom. The standard InChI is InChI=1S/C28H28F4N2O5S/c1-17-5-7-18(8-6-17)22-16-24(33-26(35)25(22)27(36)34-40(37,38)20-10-11-20)21-12-9-19(15-23(21)29)39-14-4-2-3-13-28(30,31)32/h5-9,12,15-16,20H,2-4,10-11,13-14H2,1H3,(H,33,35)(H,34,36). The van der Waals surface area contributed by atoms with Gasteiger partial charge in [-0.1, -0.05) is 29.8 Å². The van der Waals surface area contributed by atoms with E-state index in [0.717, 1.165) is 11.6 Å². The lowest BCUT2D eigenvalue weighted by atomic mass is 9.97. The minimum atomic E-state index is -4.20. The van der Waals surface area contributed by atoms with Crippen molar-refractivity contribution in [3.05, 3.63) is 75.8 Å². The number of aryl methyl sites for hydroxylation is 1. The van der Waals surface area contributed by atoms with Gasteiger partial charge in [-0.25, -0.2) is 17.5 Å². The molecular formula is C28H28F4N2O5S. The summed E-state index contributed by atoms with van der Waals surface area (Å²) in [5.41, 5.74) is 0.244. The Balaban J connectivity index is 1.58. The number of aromatic nitrogens is 1. The number of carbonyl (C=O) groups is 1. The van der Waals surface area contributed by atoms with Crippen LogP contribution in [0.1, 0.15) is 54.4 Å². The summed E-state index contributed by atoms with van der Waals surface area (Å²) >= 11 is 0. The first-order valence-electron chi connectivity index (χ1n) is 12.7. The highest BCUT2D eigenvalue weighted by Gasteiger charge is 2.37. The maximum atomic E-state index is 15.1. The molecule has 0 radical (unpaired) electrons. The Kier molecular flexibility index (Phi) is 8.67. The van der Waals surface area contributed by atoms with Gasteiger partial charge in [0.1, 0.15) is 17.1 Å². The summed E-state index contributed by atoms with van der Waals surface area (Å²) in [5, 5.41) is -0.674. The molecular weight excluding hydrogens is 552 g/mol. The molecule has 1 aliphatic rings. The van der Waals surface area contributed by atoms with E-state index in [9.17, 15) is 31.2 Å². The van der Waals surface area contributed by atoms with E-state index >= 15 is 4.39 Å². The number of H-pyrrole nitrogens is 1. The molecule has 40 heavy (non-hydrogen) atoms. The van der Waals surface area contributed by atoms with Crippen LogP contribution >= 0.6 is 0 Å². The summed E-state index contributed by atoms with van der Waals surface area (Å²) in [6.45, 7) is 1.96. The molecule has 4 rings (SSSR count). The molecule has 2 aromatic carbocycles. The van der Waals surface area contributed by atoms with Gasteiger partial charge < -0.3 is 9.72 Å². The Morgan fingerprint density at radius 3 is 2.35 bits per heavy atom. The van der Waals surface area contributed by atoms with Gasteiger partial charge in [0, 0.05) is 23.6 Å². The van der Waals surface area contributed by atoms with E-state index in [-0.39, 0.29) is 35.6 Å². The number of aromatic amines is 1. The Labute approximate surface area is 228 Å². The van der Waals surface area contributed by atoms with Crippen LogP contribution in [0.2, 0.25) is 0 Å². The van der Waals surface area contributed by atoms with Crippen molar-refractivity contribution in [3.8, 4) is 28.1 Å². The lowest BCUT2D eigenvalue weighted by molar-refractivity contribution is -0.135. The van der Waals surface area contributed by atoms with Crippen molar-refractivity contribution in [2.75, 3.05) is 6.61 Å². The van der Waals surface area contributed by atoms with E-state index in [2.05, 4.69) is 4.98 Å². The van der Waals surface area contributed by atoms with Crippen LogP contribution in [0.5, 0.6) is 5.75 Å². The molecule has 1 amide bonds. The number of alkyl halides is 3. The summed E-state index contributed by atoms with van der Waals surface area (Å²) in [7, 11) is -3.93. The minimum Gasteiger partial charge on any atom is -0.493 e. The van der Waals surface area contributed by atoms with Gasteiger partial charge in [0.15, 0.2) is 0 Å². The van der Waals surface area contributed by atoms with Crippen molar-refractivity contribution >= 4 is 15.9 Å². The number of rotatable bonds is 11. The van der Waals surface area contributed by atoms with Crippen LogP contribution in [0, 0.1) is 12.7 Å². The van der Waals surface area contributed by atoms with Crippen LogP contribution < -0.4 is 15.0 Å². The van der Waals surface area contributed by atoms with Gasteiger partial charge in [0.2, 0.25) is 10.0 Å². The lowest BCUT2D eigenvalue weighted by Gasteiger charge is -2.14. The van der Waals surface area contributed by atoms with Gasteiger partial charge in [0.25, 0.3) is 11.5 Å². The second kappa shape index (κ2) is 11.8. The lowest BCUT2D eigenvalue weighted by Crippen LogP contribution is -2.37. The molecule has 1 aromatic heterocycles. The fourth-order valence-electron chi connectivity index (χ4n) is 4.13. The fraction of sp³-hybridized carbons (Fsp3) is 0.357. The normalized spacial score (nSPS) is 13.7. The van der Waals surface area contributed by atoms with Crippen molar-refractivity contribution in [1.82, 2.24) is 9.71 Å². The maximum absolute atomic E-state index is 15.1. The van der Waals surface area contributed by atoms with Gasteiger partial charge in [-0.2, -0.15) is 13.2 Å². The molecule has 0 unspecified atom stereocenters. The zero-order valence-electron chi connectivity index (χ0n) is 21.6. The smallest absolute Gasteiger partial charge is 0.389 e. The molecule has 0 aliphatic heterocycles. The Morgan fingerprint density at radius 2 is 1.73 bits per heavy atom. The molecule has 0 saturated heterocycles. The van der Waals surface area contributed by atoms with Crippen LogP contribution in [0.4, 0.5) is 17.6 Å². The second-order valence-electron chi connectivity index (χ2n) is 9.76. The molecule has 0 atom stereocenters. The van der Waals surface area contributed by atoms with Crippen LogP contribution in [0.25, 0.3) is 22.4 Å². The van der Waals surface area contributed by atoms with Crippen molar-refractivity contribution < 1.29 is 35.5 Å². The van der Waals surface area contributed by atoms with Crippen LogP contribution in [0.15, 0.2) is 53.3 Å². The summed E-state index contributed by atoms with van der Waals surface area (Å²) in [4.78, 5) is 28.6. The van der Waals surface area contributed by atoms with Crippen molar-refractivity contribution in [2.45, 2.75) is 56.9 Å². The largest absolute Gasteiger partial charge is 0.493 e. The van der Waals surface area contributed by atoms with E-state index in [0.29, 0.717) is 31.2 Å². The van der Waals surface area contributed by atoms with E-state index in [1.54, 1.807) is 24.3 Å². The summed E-state index contributed by atoms with van der Waals surface area (Å²) < 4.78 is 84.0. The van der Waals surface area contributed by atoms with Gasteiger partial charge >= 0.3 is 6.18 Å². The summed E-state index contributed by atoms with van der Waals surface area (Å²) in [6.07, 6.45) is -3.54. The molecule has 3 aromatic rings. The number of nitrogens with one attached hydrogen (secondary N) is 2. The third-order valence-corrected chi connectivity index (χ3v) is 8.24. The number of sulfonamides is 1. The minimum absolute atomic E-state index is 0.000508. The monoisotopic (exact) mass is 580 g/mol. The zero-order chi connectivity index (χ0) is 29.1. The molecule has 0 bridgehead atoms. The quantitative estimate of drug-likeness (QED) is 0.218. The number of halogens is 4. The highest BCUT2D eigenvalue weighted by atomic mass is 32.2. The van der Waals surface area contributed by atoms with E-state index in [1.807, 2.05) is 11.6 Å². The SMILES string of the molecule is Cc1ccc(-c2cc(-c3ccc(OCCCCCC(F)(F)F)cc3F)[nH]c(=O)c2C(=O)NS(=O)(=O)C2CC2)cc1. The number of carbonyl (C=O) groups excluding carboxylic acids is 1. The predicted molar refractivity (Wildman–Crippen MR) is 142 cm³/mol. The molecule has 1 fully saturated rings. The highest BCUT2D eigenvalue weighted by molar-refractivity contribution is 7.91. The molecule has 12 heteroatoms. The molecule has 0 spiro atoms. The fourth-order valence-corrected chi connectivity index (χ4v) is 5.42. The average Bonchev–Trinajstić information content (AvgIpc) is 3.72.